The van der Waals surface area contributed by atoms with Crippen LogP contribution in [-0.4, -0.2) is 26.9 Å². The van der Waals surface area contributed by atoms with Gasteiger partial charge in [0, 0.05) is 10.4 Å². The highest BCUT2D eigenvalue weighted by Gasteiger charge is 2.30. The molecule has 10 heteroatoms. The predicted molar refractivity (Wildman–Crippen MR) is 171 cm³/mol. The topological polar surface area (TPSA) is 124 Å². The third-order valence-corrected chi connectivity index (χ3v) is 9.12. The van der Waals surface area contributed by atoms with E-state index in [2.05, 4.69) is 27.6 Å². The van der Waals surface area contributed by atoms with Gasteiger partial charge in [0.1, 0.15) is 5.82 Å². The zero-order chi connectivity index (χ0) is 31.7. The van der Waals surface area contributed by atoms with Gasteiger partial charge in [0.15, 0.2) is 5.82 Å². The van der Waals surface area contributed by atoms with Crippen molar-refractivity contribution in [3.05, 3.63) is 111 Å². The molecule has 0 saturated carbocycles. The van der Waals surface area contributed by atoms with E-state index in [4.69, 9.17) is 15.2 Å². The van der Waals surface area contributed by atoms with E-state index in [1.165, 1.54) is 29.0 Å². The molecule has 1 atom stereocenters. The van der Waals surface area contributed by atoms with Crippen molar-refractivity contribution >= 4 is 23.2 Å². The van der Waals surface area contributed by atoms with Crippen molar-refractivity contribution in [2.24, 2.45) is 11.7 Å². The van der Waals surface area contributed by atoms with Crippen molar-refractivity contribution in [1.29, 1.82) is 0 Å². The number of halogens is 1. The third-order valence-electron chi connectivity index (χ3n) is 8.01. The van der Waals surface area contributed by atoms with Crippen LogP contribution in [0.5, 0.6) is 0 Å². The van der Waals surface area contributed by atoms with E-state index in [1.807, 2.05) is 32.0 Å². The van der Waals surface area contributed by atoms with Crippen molar-refractivity contribution in [3.63, 3.8) is 0 Å². The maximum absolute atomic E-state index is 13.6. The summed E-state index contributed by atoms with van der Waals surface area (Å²) in [7, 11) is 0. The first-order valence-electron chi connectivity index (χ1n) is 15.1. The number of hydrogen-bond acceptors (Lipinski definition) is 7. The summed E-state index contributed by atoms with van der Waals surface area (Å²) in [6.07, 6.45) is 3.29. The molecule has 230 valence electrons. The Morgan fingerprint density at radius 3 is 2.51 bits per heavy atom. The number of rotatable bonds is 10. The second-order valence-electron chi connectivity index (χ2n) is 11.8. The Bertz CT molecular complexity index is 1880. The number of carbonyl (C=O) groups excluding carboxylic acids is 2. The van der Waals surface area contributed by atoms with Crippen LogP contribution in [0, 0.1) is 18.7 Å². The average Bonchev–Trinajstić information content (AvgIpc) is 3.76. The number of pyridine rings is 1. The molecule has 0 bridgehead atoms. The van der Waals surface area contributed by atoms with Gasteiger partial charge < -0.3 is 15.6 Å². The number of fused-ring (bicyclic) bond motifs is 1. The van der Waals surface area contributed by atoms with E-state index in [1.54, 1.807) is 25.1 Å². The van der Waals surface area contributed by atoms with Gasteiger partial charge in [-0.1, -0.05) is 55.4 Å². The minimum Gasteiger partial charge on any atom is -0.366 e. The van der Waals surface area contributed by atoms with Gasteiger partial charge in [-0.25, -0.2) is 4.39 Å². The standard InChI is InChI=1S/C35H34FN5O3S/c1-19(2)18-27-30(33(37)42)32(28-16-17-29(45-28)34(43)40-25-15-11-22-6-4-5-7-24(22)25)31(35-38-20(3)41-44-35)26(39-27)14-10-21-8-12-23(36)13-9-21/h4-9,12-13,16-17,19,25H,10-11,14-15,18H2,1-3H3,(H2,37,42)(H,40,43). The number of aromatic nitrogens is 3. The van der Waals surface area contributed by atoms with Crippen molar-refractivity contribution in [2.75, 3.05) is 0 Å². The van der Waals surface area contributed by atoms with E-state index >= 15 is 0 Å². The summed E-state index contributed by atoms with van der Waals surface area (Å²) in [6.45, 7) is 5.82. The SMILES string of the molecule is Cc1noc(-c2c(CCc3ccc(F)cc3)nc(CC(C)C)c(C(N)=O)c2-c2ccc(C(=O)NC3CCc4ccccc43)s2)n1. The number of nitrogens with one attached hydrogen (secondary N) is 1. The van der Waals surface area contributed by atoms with Crippen LogP contribution in [-0.2, 0) is 25.7 Å². The molecule has 1 unspecified atom stereocenters. The van der Waals surface area contributed by atoms with Crippen LogP contribution >= 0.6 is 11.3 Å². The van der Waals surface area contributed by atoms with Gasteiger partial charge >= 0.3 is 0 Å². The van der Waals surface area contributed by atoms with E-state index in [-0.39, 0.29) is 35.1 Å². The summed E-state index contributed by atoms with van der Waals surface area (Å²) < 4.78 is 19.3. The molecule has 3 N–H and O–H groups in total. The van der Waals surface area contributed by atoms with Crippen LogP contribution in [0.3, 0.4) is 0 Å². The Morgan fingerprint density at radius 1 is 1.02 bits per heavy atom. The molecule has 2 amide bonds. The Balaban J connectivity index is 1.45. The molecule has 0 fully saturated rings. The van der Waals surface area contributed by atoms with Crippen LogP contribution in [0.15, 0.2) is 65.2 Å². The van der Waals surface area contributed by atoms with Gasteiger partial charge in [0.2, 0.25) is 0 Å². The highest BCUT2D eigenvalue weighted by molar-refractivity contribution is 7.17. The highest BCUT2D eigenvalue weighted by atomic mass is 32.1. The first kappa shape index (κ1) is 30.3. The summed E-state index contributed by atoms with van der Waals surface area (Å²) >= 11 is 1.28. The molecule has 0 aliphatic heterocycles. The van der Waals surface area contributed by atoms with E-state index in [9.17, 15) is 14.0 Å². The van der Waals surface area contributed by atoms with Crippen molar-refractivity contribution in [3.8, 4) is 21.9 Å². The quantitative estimate of drug-likeness (QED) is 0.176. The molecule has 5 aromatic rings. The lowest BCUT2D eigenvalue weighted by atomic mass is 9.91. The molecule has 6 rings (SSSR count). The number of primary amides is 1. The normalized spacial score (nSPS) is 14.1. The van der Waals surface area contributed by atoms with Crippen LogP contribution in [0.25, 0.3) is 21.9 Å². The number of aryl methyl sites for hydroxylation is 4. The Hall–Kier alpha value is -4.70. The zero-order valence-corrected chi connectivity index (χ0v) is 26.2. The number of nitrogens with zero attached hydrogens (tertiary/aromatic N) is 3. The van der Waals surface area contributed by atoms with Crippen molar-refractivity contribution < 1.29 is 18.5 Å². The molecule has 3 heterocycles. The minimum absolute atomic E-state index is 0.0611. The fraction of sp³-hybridized carbons (Fsp3) is 0.286. The number of nitrogens with two attached hydrogens (primary N) is 1. The second kappa shape index (κ2) is 12.7. The Morgan fingerprint density at radius 2 is 1.80 bits per heavy atom. The lowest BCUT2D eigenvalue weighted by Gasteiger charge is -2.19. The van der Waals surface area contributed by atoms with Gasteiger partial charge in [0.05, 0.1) is 33.4 Å². The number of thiophene rings is 1. The molecular weight excluding hydrogens is 589 g/mol. The van der Waals surface area contributed by atoms with Gasteiger partial charge in [-0.2, -0.15) is 4.98 Å². The van der Waals surface area contributed by atoms with E-state index in [0.717, 1.165) is 24.0 Å². The monoisotopic (exact) mass is 623 g/mol. The average molecular weight is 624 g/mol. The second-order valence-corrected chi connectivity index (χ2v) is 12.9. The van der Waals surface area contributed by atoms with E-state index < -0.39 is 5.91 Å². The van der Waals surface area contributed by atoms with Crippen LogP contribution in [0.1, 0.15) is 80.2 Å². The molecule has 45 heavy (non-hydrogen) atoms. The lowest BCUT2D eigenvalue weighted by molar-refractivity contribution is 0.0939. The smallest absolute Gasteiger partial charge is 0.261 e. The van der Waals surface area contributed by atoms with Crippen LogP contribution in [0.2, 0.25) is 0 Å². The molecule has 1 aliphatic rings. The maximum Gasteiger partial charge on any atom is 0.261 e. The van der Waals surface area contributed by atoms with Gasteiger partial charge in [0.25, 0.3) is 17.7 Å². The molecule has 0 spiro atoms. The summed E-state index contributed by atoms with van der Waals surface area (Å²) in [5.41, 5.74) is 11.9. The summed E-state index contributed by atoms with van der Waals surface area (Å²) in [4.78, 5) is 37.4. The first-order chi connectivity index (χ1) is 21.7. The summed E-state index contributed by atoms with van der Waals surface area (Å²) in [6, 6.07) is 18.1. The van der Waals surface area contributed by atoms with Crippen LogP contribution < -0.4 is 11.1 Å². The molecule has 0 radical (unpaired) electrons. The minimum atomic E-state index is -0.627. The fourth-order valence-electron chi connectivity index (χ4n) is 5.99. The van der Waals surface area contributed by atoms with Crippen molar-refractivity contribution in [2.45, 2.75) is 58.9 Å². The Labute approximate surface area is 264 Å². The number of benzene rings is 2. The summed E-state index contributed by atoms with van der Waals surface area (Å²) in [5, 5.41) is 7.21. The molecule has 1 aliphatic carbocycles. The molecular formula is C35H34FN5O3S. The third kappa shape index (κ3) is 6.42. The van der Waals surface area contributed by atoms with Gasteiger partial charge in [-0.3, -0.25) is 14.6 Å². The van der Waals surface area contributed by atoms with Gasteiger partial charge in [-0.05, 0) is 85.9 Å². The van der Waals surface area contributed by atoms with Gasteiger partial charge in [-0.15, -0.1) is 11.3 Å². The maximum atomic E-state index is 13.6. The molecule has 3 aromatic heterocycles. The zero-order valence-electron chi connectivity index (χ0n) is 25.4. The molecule has 0 saturated heterocycles. The number of hydrogen-bond donors (Lipinski definition) is 2. The molecule has 2 aromatic carbocycles. The molecule has 8 nitrogen and oxygen atoms in total. The predicted octanol–water partition coefficient (Wildman–Crippen LogP) is 6.81. The van der Waals surface area contributed by atoms with Crippen LogP contribution in [0.4, 0.5) is 4.39 Å². The largest absolute Gasteiger partial charge is 0.366 e. The lowest BCUT2D eigenvalue weighted by Crippen LogP contribution is -2.26. The Kier molecular flexibility index (Phi) is 8.58. The number of amides is 2. The van der Waals surface area contributed by atoms with E-state index in [0.29, 0.717) is 57.4 Å². The first-order valence-corrected chi connectivity index (χ1v) is 15.9. The summed E-state index contributed by atoms with van der Waals surface area (Å²) in [5.74, 6) is -0.292. The van der Waals surface area contributed by atoms with Crippen molar-refractivity contribution in [1.82, 2.24) is 20.4 Å². The number of carbonyl (C=O) groups is 2. The highest BCUT2D eigenvalue weighted by Crippen LogP contribution is 2.42. The fourth-order valence-corrected chi connectivity index (χ4v) is 6.96.